The molecule has 0 spiro atoms. The average Bonchev–Trinajstić information content (AvgIpc) is 2.57. The molecule has 25 heavy (non-hydrogen) atoms. The SMILES string of the molecule is CCC(C(=O)OC(C)(C)C)[C@@H](/C=C/P(=O)(OC)OC)c1ccccc1. The lowest BCUT2D eigenvalue weighted by molar-refractivity contribution is -0.160. The number of esters is 1. The van der Waals surface area contributed by atoms with Gasteiger partial charge in [0.2, 0.25) is 0 Å². The first-order chi connectivity index (χ1) is 11.7. The van der Waals surface area contributed by atoms with Crippen molar-refractivity contribution in [3.63, 3.8) is 0 Å². The van der Waals surface area contributed by atoms with Crippen molar-refractivity contribution in [1.29, 1.82) is 0 Å². The van der Waals surface area contributed by atoms with Crippen molar-refractivity contribution in [2.24, 2.45) is 5.92 Å². The molecule has 0 aliphatic carbocycles. The lowest BCUT2D eigenvalue weighted by Gasteiger charge is -2.27. The van der Waals surface area contributed by atoms with Crippen molar-refractivity contribution < 1.29 is 23.1 Å². The molecule has 0 aliphatic rings. The molecule has 0 heterocycles. The Kier molecular flexibility index (Phi) is 8.07. The molecule has 0 amide bonds. The zero-order chi connectivity index (χ0) is 19.1. The molecule has 140 valence electrons. The minimum Gasteiger partial charge on any atom is -0.460 e. The Balaban J connectivity index is 3.23. The van der Waals surface area contributed by atoms with Crippen molar-refractivity contribution in [1.82, 2.24) is 0 Å². The van der Waals surface area contributed by atoms with Crippen LogP contribution >= 0.6 is 7.60 Å². The molecule has 2 atom stereocenters. The third-order valence-corrected chi connectivity index (χ3v) is 5.31. The quantitative estimate of drug-likeness (QED) is 0.470. The van der Waals surface area contributed by atoms with Crippen LogP contribution in [0.5, 0.6) is 0 Å². The van der Waals surface area contributed by atoms with Gasteiger partial charge in [-0.15, -0.1) is 0 Å². The summed E-state index contributed by atoms with van der Waals surface area (Å²) in [6, 6.07) is 9.60. The summed E-state index contributed by atoms with van der Waals surface area (Å²) in [6.07, 6.45) is 2.31. The van der Waals surface area contributed by atoms with Gasteiger partial charge in [-0.1, -0.05) is 43.3 Å². The second-order valence-corrected chi connectivity index (χ2v) is 8.84. The first-order valence-electron chi connectivity index (χ1n) is 8.34. The molecule has 1 aromatic rings. The molecule has 0 aliphatic heterocycles. The molecule has 0 N–H and O–H groups in total. The lowest BCUT2D eigenvalue weighted by Crippen LogP contribution is -2.31. The summed E-state index contributed by atoms with van der Waals surface area (Å²) >= 11 is 0. The molecule has 1 aromatic carbocycles. The minimum absolute atomic E-state index is 0.279. The van der Waals surface area contributed by atoms with Crippen molar-refractivity contribution in [2.45, 2.75) is 45.6 Å². The number of hydrogen-bond donors (Lipinski definition) is 0. The van der Waals surface area contributed by atoms with Gasteiger partial charge in [-0.25, -0.2) is 0 Å². The van der Waals surface area contributed by atoms with Crippen LogP contribution in [0.2, 0.25) is 0 Å². The van der Waals surface area contributed by atoms with E-state index < -0.39 is 19.1 Å². The van der Waals surface area contributed by atoms with E-state index in [2.05, 4.69) is 0 Å². The summed E-state index contributed by atoms with van der Waals surface area (Å²) in [5, 5.41) is 0. The molecule has 0 bridgehead atoms. The molecule has 1 unspecified atom stereocenters. The maximum atomic E-state index is 12.7. The molecule has 0 fully saturated rings. The first-order valence-corrected chi connectivity index (χ1v) is 9.95. The Bertz CT molecular complexity index is 610. The number of carbonyl (C=O) groups is 1. The Hall–Kier alpha value is -1.42. The van der Waals surface area contributed by atoms with Gasteiger partial charge < -0.3 is 13.8 Å². The van der Waals surface area contributed by atoms with Gasteiger partial charge in [-0.2, -0.15) is 0 Å². The molecule has 5 nitrogen and oxygen atoms in total. The van der Waals surface area contributed by atoms with Gasteiger partial charge in [0.1, 0.15) is 5.60 Å². The zero-order valence-corrected chi connectivity index (χ0v) is 16.8. The molecule has 0 aromatic heterocycles. The zero-order valence-electron chi connectivity index (χ0n) is 15.9. The summed E-state index contributed by atoms with van der Waals surface area (Å²) in [5.41, 5.74) is 0.374. The number of hydrogen-bond acceptors (Lipinski definition) is 5. The van der Waals surface area contributed by atoms with Crippen molar-refractivity contribution >= 4 is 13.6 Å². The summed E-state index contributed by atoms with van der Waals surface area (Å²) in [6.45, 7) is 7.46. The smallest absolute Gasteiger partial charge is 0.353 e. The van der Waals surface area contributed by atoms with Gasteiger partial charge in [0.25, 0.3) is 0 Å². The van der Waals surface area contributed by atoms with Crippen LogP contribution in [0.4, 0.5) is 0 Å². The van der Waals surface area contributed by atoms with E-state index in [-0.39, 0.29) is 11.9 Å². The molecule has 1 rings (SSSR count). The van der Waals surface area contributed by atoms with Crippen molar-refractivity contribution in [3.8, 4) is 0 Å². The molecule has 0 saturated carbocycles. The van der Waals surface area contributed by atoms with Crippen LogP contribution in [0.15, 0.2) is 42.2 Å². The van der Waals surface area contributed by atoms with Gasteiger partial charge in [0.15, 0.2) is 0 Å². The average molecular weight is 368 g/mol. The number of ether oxygens (including phenoxy) is 1. The van der Waals surface area contributed by atoms with Crippen LogP contribution in [0.3, 0.4) is 0 Å². The van der Waals surface area contributed by atoms with Crippen LogP contribution < -0.4 is 0 Å². The lowest BCUT2D eigenvalue weighted by atomic mass is 9.84. The van der Waals surface area contributed by atoms with Gasteiger partial charge in [0, 0.05) is 26.0 Å². The largest absolute Gasteiger partial charge is 0.460 e. The maximum Gasteiger partial charge on any atom is 0.353 e. The van der Waals surface area contributed by atoms with Crippen LogP contribution in [-0.4, -0.2) is 25.8 Å². The fraction of sp³-hybridized carbons (Fsp3) is 0.526. The molecule has 0 radical (unpaired) electrons. The van der Waals surface area contributed by atoms with E-state index >= 15 is 0 Å². The van der Waals surface area contributed by atoms with E-state index in [0.29, 0.717) is 6.42 Å². The Morgan fingerprint density at radius 3 is 2.16 bits per heavy atom. The van der Waals surface area contributed by atoms with Gasteiger partial charge in [0.05, 0.1) is 5.92 Å². The molecular formula is C19H29O5P. The molecule has 6 heteroatoms. The van der Waals surface area contributed by atoms with Gasteiger partial charge >= 0.3 is 13.6 Å². The van der Waals surface area contributed by atoms with E-state index in [1.165, 1.54) is 20.0 Å². The highest BCUT2D eigenvalue weighted by Crippen LogP contribution is 2.49. The van der Waals surface area contributed by atoms with E-state index in [4.69, 9.17) is 13.8 Å². The highest BCUT2D eigenvalue weighted by molar-refractivity contribution is 7.57. The number of rotatable bonds is 8. The predicted molar refractivity (Wildman–Crippen MR) is 99.6 cm³/mol. The van der Waals surface area contributed by atoms with E-state index in [9.17, 15) is 9.36 Å². The second kappa shape index (κ2) is 9.33. The number of allylic oxidation sites excluding steroid dienone is 1. The van der Waals surface area contributed by atoms with E-state index in [0.717, 1.165) is 5.56 Å². The summed E-state index contributed by atoms with van der Waals surface area (Å²) in [7, 11) is -0.648. The van der Waals surface area contributed by atoms with Crippen molar-refractivity contribution in [2.75, 3.05) is 14.2 Å². The van der Waals surface area contributed by atoms with E-state index in [1.54, 1.807) is 6.08 Å². The Labute approximate surface area is 150 Å². The minimum atomic E-state index is -3.31. The standard InChI is InChI=1S/C19H29O5P/c1-7-16(18(20)24-19(2,3)4)17(15-11-9-8-10-12-15)13-14-25(21,22-5)23-6/h8-14,16-17H,7H2,1-6H3/b14-13+/t16?,17-/m0/s1. The first kappa shape index (κ1) is 21.6. The highest BCUT2D eigenvalue weighted by Gasteiger charge is 2.31. The van der Waals surface area contributed by atoms with Gasteiger partial charge in [-0.05, 0) is 32.8 Å². The van der Waals surface area contributed by atoms with Crippen LogP contribution in [0.1, 0.15) is 45.6 Å². The third kappa shape index (κ3) is 6.77. The molecule has 0 saturated heterocycles. The third-order valence-electron chi connectivity index (χ3n) is 3.75. The Morgan fingerprint density at radius 2 is 1.72 bits per heavy atom. The fourth-order valence-corrected chi connectivity index (χ4v) is 3.28. The summed E-state index contributed by atoms with van der Waals surface area (Å²) in [5.74, 6) is 0.440. The predicted octanol–water partition coefficient (Wildman–Crippen LogP) is 5.14. The fourth-order valence-electron chi connectivity index (χ4n) is 2.49. The molecular weight excluding hydrogens is 339 g/mol. The van der Waals surface area contributed by atoms with E-state index in [1.807, 2.05) is 58.0 Å². The van der Waals surface area contributed by atoms with Crippen LogP contribution in [0.25, 0.3) is 0 Å². The number of benzene rings is 1. The summed E-state index contributed by atoms with van der Waals surface area (Å²) < 4.78 is 27.8. The highest BCUT2D eigenvalue weighted by atomic mass is 31.2. The maximum absolute atomic E-state index is 12.7. The Morgan fingerprint density at radius 1 is 1.16 bits per heavy atom. The number of carbonyl (C=O) groups excluding carboxylic acids is 1. The van der Waals surface area contributed by atoms with Gasteiger partial charge in [-0.3, -0.25) is 9.36 Å². The second-order valence-electron chi connectivity index (χ2n) is 6.73. The topological polar surface area (TPSA) is 61.8 Å². The van der Waals surface area contributed by atoms with Crippen LogP contribution in [-0.2, 0) is 23.1 Å². The normalized spacial score (nSPS) is 15.1. The van der Waals surface area contributed by atoms with Crippen LogP contribution in [0, 0.1) is 5.92 Å². The van der Waals surface area contributed by atoms with Crippen molar-refractivity contribution in [3.05, 3.63) is 47.8 Å². The summed E-state index contributed by atoms with van der Waals surface area (Å²) in [4.78, 5) is 12.7. The monoisotopic (exact) mass is 368 g/mol.